The molecule has 4 rings (SSSR count). The zero-order valence-corrected chi connectivity index (χ0v) is 22.4. The van der Waals surface area contributed by atoms with Gasteiger partial charge in [-0.2, -0.15) is 5.10 Å². The van der Waals surface area contributed by atoms with Gasteiger partial charge in [-0.1, -0.05) is 31.2 Å². The Bertz CT molecular complexity index is 1380. The van der Waals surface area contributed by atoms with Gasteiger partial charge in [0.2, 0.25) is 0 Å². The van der Waals surface area contributed by atoms with Gasteiger partial charge in [-0.05, 0) is 38.1 Å². The Kier molecular flexibility index (Phi) is 7.01. The van der Waals surface area contributed by atoms with Gasteiger partial charge in [0, 0.05) is 31.3 Å². The largest absolute Gasteiger partial charge is 0.394 e. The number of ether oxygens (including phenoxy) is 1. The van der Waals surface area contributed by atoms with Crippen LogP contribution in [0.4, 0.5) is 0 Å². The van der Waals surface area contributed by atoms with Crippen molar-refractivity contribution in [1.29, 1.82) is 0 Å². The number of nitrogens with zero attached hydrogens (tertiary/aromatic N) is 5. The molecule has 2 N–H and O–H groups in total. The lowest BCUT2D eigenvalue weighted by Crippen LogP contribution is -2.46. The minimum Gasteiger partial charge on any atom is -0.394 e. The van der Waals surface area contributed by atoms with E-state index in [1.54, 1.807) is 47.8 Å². The maximum absolute atomic E-state index is 13.2. The summed E-state index contributed by atoms with van der Waals surface area (Å²) < 4.78 is 9.35. The van der Waals surface area contributed by atoms with E-state index < -0.39 is 13.6 Å². The third-order valence-corrected chi connectivity index (χ3v) is 7.56. The van der Waals surface area contributed by atoms with Crippen molar-refractivity contribution in [3.05, 3.63) is 47.4 Å². The molecule has 0 fully saturated rings. The quantitative estimate of drug-likeness (QED) is 0.255. The van der Waals surface area contributed by atoms with E-state index in [0.29, 0.717) is 34.2 Å². The Morgan fingerprint density at radius 2 is 2.03 bits per heavy atom. The van der Waals surface area contributed by atoms with E-state index in [2.05, 4.69) is 35.0 Å². The second-order valence-corrected chi connectivity index (χ2v) is 16.6. The van der Waals surface area contributed by atoms with Crippen molar-refractivity contribution >= 4 is 47.6 Å². The SMILES string of the molecule is CC(C)(CO)NC(=O)c1cn(COCC[Si](C)(C)C)c2ncc(-n3ncc4ccc(Cl)cc43)nc12. The molecule has 1 amide bonds. The fourth-order valence-corrected chi connectivity index (χ4v) is 4.46. The van der Waals surface area contributed by atoms with Crippen molar-refractivity contribution in [3.8, 4) is 5.82 Å². The molecule has 0 spiro atoms. The van der Waals surface area contributed by atoms with Gasteiger partial charge in [0.25, 0.3) is 5.91 Å². The highest BCUT2D eigenvalue weighted by Gasteiger charge is 2.25. The lowest BCUT2D eigenvalue weighted by molar-refractivity contribution is 0.0859. The molecule has 3 aromatic heterocycles. The number of aromatic nitrogens is 5. The van der Waals surface area contributed by atoms with Gasteiger partial charge in [-0.25, -0.2) is 14.6 Å². The first-order valence-corrected chi connectivity index (χ1v) is 15.6. The average Bonchev–Trinajstić information content (AvgIpc) is 3.36. The molecule has 186 valence electrons. The number of carbonyl (C=O) groups is 1. The zero-order valence-electron chi connectivity index (χ0n) is 20.7. The molecule has 0 aliphatic heterocycles. The third kappa shape index (κ3) is 5.72. The Balaban J connectivity index is 1.74. The van der Waals surface area contributed by atoms with Crippen LogP contribution in [-0.4, -0.2) is 62.2 Å². The lowest BCUT2D eigenvalue weighted by atomic mass is 10.1. The molecule has 0 saturated carbocycles. The van der Waals surface area contributed by atoms with Crippen molar-refractivity contribution < 1.29 is 14.6 Å². The second-order valence-electron chi connectivity index (χ2n) is 10.5. The van der Waals surface area contributed by atoms with Gasteiger partial charge >= 0.3 is 0 Å². The molecule has 3 heterocycles. The van der Waals surface area contributed by atoms with Crippen LogP contribution in [0.5, 0.6) is 0 Å². The highest BCUT2D eigenvalue weighted by Crippen LogP contribution is 2.24. The predicted octanol–water partition coefficient (Wildman–Crippen LogP) is 4.24. The summed E-state index contributed by atoms with van der Waals surface area (Å²) in [5, 5.41) is 18.4. The maximum Gasteiger partial charge on any atom is 0.255 e. The Morgan fingerprint density at radius 1 is 1.26 bits per heavy atom. The summed E-state index contributed by atoms with van der Waals surface area (Å²) in [6.07, 6.45) is 5.05. The van der Waals surface area contributed by atoms with Gasteiger partial charge in [0.15, 0.2) is 11.5 Å². The van der Waals surface area contributed by atoms with Crippen molar-refractivity contribution in [3.63, 3.8) is 0 Å². The number of aliphatic hydroxyl groups excluding tert-OH is 1. The van der Waals surface area contributed by atoms with E-state index in [0.717, 1.165) is 16.9 Å². The number of benzene rings is 1. The molecular formula is C24H31ClN6O3Si. The van der Waals surface area contributed by atoms with Crippen molar-refractivity contribution in [2.45, 2.75) is 51.8 Å². The Labute approximate surface area is 210 Å². The van der Waals surface area contributed by atoms with Crippen molar-refractivity contribution in [1.82, 2.24) is 29.6 Å². The molecule has 0 saturated heterocycles. The fraction of sp³-hybridized carbons (Fsp3) is 0.417. The molecule has 11 heteroatoms. The first kappa shape index (κ1) is 25.3. The van der Waals surface area contributed by atoms with Crippen molar-refractivity contribution in [2.75, 3.05) is 13.2 Å². The molecule has 9 nitrogen and oxygen atoms in total. The first-order chi connectivity index (χ1) is 16.5. The normalized spacial score (nSPS) is 12.5. The van der Waals surface area contributed by atoms with Crippen LogP contribution in [0.1, 0.15) is 24.2 Å². The third-order valence-electron chi connectivity index (χ3n) is 5.62. The predicted molar refractivity (Wildman–Crippen MR) is 140 cm³/mol. The van der Waals surface area contributed by atoms with E-state index in [1.165, 1.54) is 0 Å². The highest BCUT2D eigenvalue weighted by atomic mass is 35.5. The zero-order chi connectivity index (χ0) is 25.4. The fourth-order valence-electron chi connectivity index (χ4n) is 3.54. The number of carbonyl (C=O) groups excluding carboxylic acids is 1. The van der Waals surface area contributed by atoms with E-state index in [9.17, 15) is 9.90 Å². The molecule has 1 aromatic carbocycles. The summed E-state index contributed by atoms with van der Waals surface area (Å²) in [5.41, 5.74) is 1.29. The molecule has 0 aliphatic rings. The van der Waals surface area contributed by atoms with Crippen LogP contribution in [0.15, 0.2) is 36.8 Å². The second kappa shape index (κ2) is 9.69. The van der Waals surface area contributed by atoms with E-state index in [4.69, 9.17) is 21.3 Å². The standard InChI is InChI=1S/C24H31ClN6O3Si/c1-24(2,14-32)29-23(33)18-13-30(15-34-8-9-35(3,4)5)22-21(18)28-20(12-26-22)31-19-10-17(25)7-6-16(19)11-27-31/h6-7,10-13,32H,8-9,14-15H2,1-5H3,(H,29,33). The minimum absolute atomic E-state index is 0.200. The molecule has 4 aromatic rings. The number of hydrogen-bond donors (Lipinski definition) is 2. The van der Waals surface area contributed by atoms with Gasteiger partial charge in [-0.15, -0.1) is 0 Å². The van der Waals surface area contributed by atoms with E-state index in [-0.39, 0.29) is 19.2 Å². The summed E-state index contributed by atoms with van der Waals surface area (Å²) in [7, 11) is -1.23. The van der Waals surface area contributed by atoms with Crippen LogP contribution in [0.25, 0.3) is 27.9 Å². The van der Waals surface area contributed by atoms with Gasteiger partial charge in [0.1, 0.15) is 12.2 Å². The van der Waals surface area contributed by atoms with Crippen LogP contribution in [0.2, 0.25) is 30.7 Å². The average molecular weight is 515 g/mol. The number of aliphatic hydroxyl groups is 1. The van der Waals surface area contributed by atoms with Gasteiger partial charge < -0.3 is 19.7 Å². The number of hydrogen-bond acceptors (Lipinski definition) is 6. The number of rotatable bonds is 9. The molecule has 0 radical (unpaired) electrons. The molecule has 0 aliphatic carbocycles. The maximum atomic E-state index is 13.2. The monoisotopic (exact) mass is 514 g/mol. The number of halogens is 1. The number of fused-ring (bicyclic) bond motifs is 2. The molecule has 35 heavy (non-hydrogen) atoms. The smallest absolute Gasteiger partial charge is 0.255 e. The van der Waals surface area contributed by atoms with Crippen LogP contribution in [0.3, 0.4) is 0 Å². The summed E-state index contributed by atoms with van der Waals surface area (Å²) in [6.45, 7) is 11.1. The number of nitrogens with one attached hydrogen (secondary N) is 1. The first-order valence-electron chi connectivity index (χ1n) is 11.5. The van der Waals surface area contributed by atoms with E-state index >= 15 is 0 Å². The topological polar surface area (TPSA) is 107 Å². The molecule has 0 bridgehead atoms. The van der Waals surface area contributed by atoms with Crippen molar-refractivity contribution in [2.24, 2.45) is 0 Å². The summed E-state index contributed by atoms with van der Waals surface area (Å²) in [6, 6.07) is 6.54. The van der Waals surface area contributed by atoms with Gasteiger partial charge in [0.05, 0.1) is 35.6 Å². The van der Waals surface area contributed by atoms with E-state index in [1.807, 2.05) is 12.1 Å². The Hall–Kier alpha value is -2.79. The summed E-state index contributed by atoms with van der Waals surface area (Å²) in [5.74, 6) is 0.109. The van der Waals surface area contributed by atoms with Crippen LogP contribution in [0, 0.1) is 0 Å². The Morgan fingerprint density at radius 3 is 2.74 bits per heavy atom. The minimum atomic E-state index is -1.23. The molecular weight excluding hydrogens is 484 g/mol. The highest BCUT2D eigenvalue weighted by molar-refractivity contribution is 6.76. The van der Waals surface area contributed by atoms with Gasteiger partial charge in [-0.3, -0.25) is 4.79 Å². The lowest BCUT2D eigenvalue weighted by Gasteiger charge is -2.23. The van der Waals surface area contributed by atoms with Crippen LogP contribution >= 0.6 is 11.6 Å². The van der Waals surface area contributed by atoms with Crippen LogP contribution in [-0.2, 0) is 11.5 Å². The molecule has 0 unspecified atom stereocenters. The number of amides is 1. The summed E-state index contributed by atoms with van der Waals surface area (Å²) in [4.78, 5) is 22.6. The summed E-state index contributed by atoms with van der Waals surface area (Å²) >= 11 is 6.20. The van der Waals surface area contributed by atoms with Crippen LogP contribution < -0.4 is 5.32 Å². The molecule has 0 atom stereocenters.